The lowest BCUT2D eigenvalue weighted by Crippen LogP contribution is -2.40. The summed E-state index contributed by atoms with van der Waals surface area (Å²) in [4.78, 5) is 2.04. The number of benzene rings is 1. The van der Waals surface area contributed by atoms with Crippen LogP contribution in [0.4, 0.5) is 0 Å². The van der Waals surface area contributed by atoms with Gasteiger partial charge in [-0.25, -0.2) is 0 Å². The predicted octanol–water partition coefficient (Wildman–Crippen LogP) is 3.16. The number of halogens is 1. The summed E-state index contributed by atoms with van der Waals surface area (Å²) in [6.07, 6.45) is 0. The van der Waals surface area contributed by atoms with E-state index in [-0.39, 0.29) is 0 Å². The van der Waals surface area contributed by atoms with Crippen LogP contribution >= 0.6 is 28.1 Å². The minimum Gasteiger partial charge on any atom is -0.360 e. The van der Waals surface area contributed by atoms with Crippen molar-refractivity contribution in [3.8, 4) is 0 Å². The molecule has 0 unspecified atom stereocenters. The van der Waals surface area contributed by atoms with Crippen LogP contribution in [0.15, 0.2) is 28.7 Å². The van der Waals surface area contributed by atoms with E-state index in [4.69, 9.17) is 12.2 Å². The molecule has 0 aliphatic heterocycles. The minimum absolute atomic E-state index is 0.370. The second-order valence-electron chi connectivity index (χ2n) is 4.05. The highest BCUT2D eigenvalue weighted by atomic mass is 79.9. The number of hydrogen-bond donors (Lipinski definition) is 1. The predicted molar refractivity (Wildman–Crippen MR) is 76.5 cm³/mol. The average Bonchev–Trinajstić information content (AvgIpc) is 2.20. The molecule has 4 heteroatoms. The van der Waals surface area contributed by atoms with Crippen molar-refractivity contribution in [2.45, 2.75) is 26.4 Å². The van der Waals surface area contributed by atoms with Crippen LogP contribution in [-0.4, -0.2) is 23.1 Å². The van der Waals surface area contributed by atoms with E-state index in [1.165, 1.54) is 5.56 Å². The highest BCUT2D eigenvalue weighted by molar-refractivity contribution is 9.10. The smallest absolute Gasteiger partial charge is 0.169 e. The molecule has 0 radical (unpaired) electrons. The number of nitrogens with zero attached hydrogens (tertiary/aromatic N) is 1. The molecule has 0 saturated carbocycles. The fraction of sp³-hybridized carbons (Fsp3) is 0.417. The Labute approximate surface area is 111 Å². The van der Waals surface area contributed by atoms with Gasteiger partial charge < -0.3 is 10.2 Å². The van der Waals surface area contributed by atoms with Crippen LogP contribution < -0.4 is 5.32 Å². The van der Waals surface area contributed by atoms with Gasteiger partial charge >= 0.3 is 0 Å². The fourth-order valence-corrected chi connectivity index (χ4v) is 2.02. The Morgan fingerprint density at radius 1 is 1.44 bits per heavy atom. The quantitative estimate of drug-likeness (QED) is 0.863. The maximum absolute atomic E-state index is 5.29. The Morgan fingerprint density at radius 2 is 2.06 bits per heavy atom. The molecule has 0 aliphatic carbocycles. The van der Waals surface area contributed by atoms with E-state index in [1.54, 1.807) is 0 Å². The van der Waals surface area contributed by atoms with E-state index >= 15 is 0 Å². The van der Waals surface area contributed by atoms with Crippen molar-refractivity contribution in [2.24, 2.45) is 0 Å². The van der Waals surface area contributed by atoms with Gasteiger partial charge in [0.1, 0.15) is 0 Å². The standard InChI is InChI=1S/C12H17BrN2S/c1-9(2)14-12(16)15(3)8-10-6-4-5-7-11(10)13/h4-7,9H,8H2,1-3H3,(H,14,16). The summed E-state index contributed by atoms with van der Waals surface area (Å²) >= 11 is 8.83. The second-order valence-corrected chi connectivity index (χ2v) is 5.29. The van der Waals surface area contributed by atoms with Gasteiger partial charge in [-0.3, -0.25) is 0 Å². The van der Waals surface area contributed by atoms with Crippen LogP contribution in [0.2, 0.25) is 0 Å². The summed E-state index contributed by atoms with van der Waals surface area (Å²) in [5.41, 5.74) is 1.23. The van der Waals surface area contributed by atoms with Gasteiger partial charge in [0, 0.05) is 24.1 Å². The van der Waals surface area contributed by atoms with Crippen LogP contribution in [0.1, 0.15) is 19.4 Å². The summed E-state index contributed by atoms with van der Waals surface area (Å²) in [6, 6.07) is 8.56. The molecular formula is C12H17BrN2S. The summed E-state index contributed by atoms with van der Waals surface area (Å²) < 4.78 is 1.12. The number of nitrogens with one attached hydrogen (secondary N) is 1. The van der Waals surface area contributed by atoms with E-state index in [1.807, 2.05) is 30.1 Å². The first-order valence-corrected chi connectivity index (χ1v) is 6.46. The molecule has 1 rings (SSSR count). The van der Waals surface area contributed by atoms with Gasteiger partial charge in [0.2, 0.25) is 0 Å². The van der Waals surface area contributed by atoms with E-state index in [9.17, 15) is 0 Å². The van der Waals surface area contributed by atoms with Crippen LogP contribution in [0.25, 0.3) is 0 Å². The summed E-state index contributed by atoms with van der Waals surface area (Å²) in [5.74, 6) is 0. The molecule has 88 valence electrons. The van der Waals surface area contributed by atoms with E-state index in [0.29, 0.717) is 6.04 Å². The van der Waals surface area contributed by atoms with Gasteiger partial charge in [0.25, 0.3) is 0 Å². The zero-order valence-corrected chi connectivity index (χ0v) is 12.2. The summed E-state index contributed by atoms with van der Waals surface area (Å²) in [6.45, 7) is 4.97. The van der Waals surface area contributed by atoms with Crippen molar-refractivity contribution in [1.82, 2.24) is 10.2 Å². The molecule has 0 amide bonds. The molecule has 1 aromatic rings. The Morgan fingerprint density at radius 3 is 2.62 bits per heavy atom. The molecule has 0 heterocycles. The lowest BCUT2D eigenvalue weighted by Gasteiger charge is -2.23. The minimum atomic E-state index is 0.370. The van der Waals surface area contributed by atoms with E-state index < -0.39 is 0 Å². The van der Waals surface area contributed by atoms with Gasteiger partial charge in [-0.15, -0.1) is 0 Å². The zero-order valence-electron chi connectivity index (χ0n) is 9.83. The third-order valence-corrected chi connectivity index (χ3v) is 3.33. The fourth-order valence-electron chi connectivity index (χ4n) is 1.31. The molecule has 0 saturated heterocycles. The molecule has 0 aliphatic rings. The van der Waals surface area contributed by atoms with Gasteiger partial charge in [-0.05, 0) is 37.7 Å². The van der Waals surface area contributed by atoms with Gasteiger partial charge in [0.15, 0.2) is 5.11 Å². The first-order chi connectivity index (χ1) is 7.50. The van der Waals surface area contributed by atoms with Crippen LogP contribution in [0, 0.1) is 0 Å². The monoisotopic (exact) mass is 300 g/mol. The van der Waals surface area contributed by atoms with E-state index in [0.717, 1.165) is 16.1 Å². The van der Waals surface area contributed by atoms with Crippen LogP contribution in [0.5, 0.6) is 0 Å². The molecule has 16 heavy (non-hydrogen) atoms. The van der Waals surface area contributed by atoms with Crippen molar-refractivity contribution in [2.75, 3.05) is 7.05 Å². The van der Waals surface area contributed by atoms with Gasteiger partial charge in [0.05, 0.1) is 0 Å². The third kappa shape index (κ3) is 4.10. The normalized spacial score (nSPS) is 10.3. The van der Waals surface area contributed by atoms with Crippen molar-refractivity contribution in [3.63, 3.8) is 0 Å². The lowest BCUT2D eigenvalue weighted by molar-refractivity contribution is 0.479. The molecule has 0 bridgehead atoms. The molecule has 0 spiro atoms. The Balaban J connectivity index is 2.61. The number of hydrogen-bond acceptors (Lipinski definition) is 1. The molecule has 1 N–H and O–H groups in total. The second kappa shape index (κ2) is 6.21. The maximum Gasteiger partial charge on any atom is 0.169 e. The highest BCUT2D eigenvalue weighted by Crippen LogP contribution is 2.17. The maximum atomic E-state index is 5.29. The first kappa shape index (κ1) is 13.5. The van der Waals surface area contributed by atoms with Gasteiger partial charge in [-0.2, -0.15) is 0 Å². The number of rotatable bonds is 3. The highest BCUT2D eigenvalue weighted by Gasteiger charge is 2.07. The summed E-state index contributed by atoms with van der Waals surface area (Å²) in [5, 5.41) is 4.01. The van der Waals surface area contributed by atoms with Crippen LogP contribution in [-0.2, 0) is 6.54 Å². The molecule has 0 aromatic heterocycles. The van der Waals surface area contributed by atoms with Crippen LogP contribution in [0.3, 0.4) is 0 Å². The van der Waals surface area contributed by atoms with E-state index in [2.05, 4.69) is 41.2 Å². The van der Waals surface area contributed by atoms with Crippen molar-refractivity contribution < 1.29 is 0 Å². The summed E-state index contributed by atoms with van der Waals surface area (Å²) in [7, 11) is 2.00. The third-order valence-electron chi connectivity index (χ3n) is 2.12. The lowest BCUT2D eigenvalue weighted by atomic mass is 10.2. The SMILES string of the molecule is CC(C)NC(=S)N(C)Cc1ccccc1Br. The first-order valence-electron chi connectivity index (χ1n) is 5.25. The average molecular weight is 301 g/mol. The Bertz CT molecular complexity index is 366. The van der Waals surface area contributed by atoms with Crippen molar-refractivity contribution in [3.05, 3.63) is 34.3 Å². The number of thiocarbonyl (C=S) groups is 1. The zero-order chi connectivity index (χ0) is 12.1. The Hall–Kier alpha value is -0.610. The Kier molecular flexibility index (Phi) is 5.22. The molecule has 0 fully saturated rings. The largest absolute Gasteiger partial charge is 0.360 e. The van der Waals surface area contributed by atoms with Crippen molar-refractivity contribution >= 4 is 33.3 Å². The van der Waals surface area contributed by atoms with Crippen molar-refractivity contribution in [1.29, 1.82) is 0 Å². The molecule has 0 atom stereocenters. The van der Waals surface area contributed by atoms with Gasteiger partial charge in [-0.1, -0.05) is 34.1 Å². The molecule has 1 aromatic carbocycles. The topological polar surface area (TPSA) is 15.3 Å². The molecule has 2 nitrogen and oxygen atoms in total. The molecular weight excluding hydrogens is 284 g/mol.